The van der Waals surface area contributed by atoms with Crippen LogP contribution in [0.2, 0.25) is 0 Å². The maximum Gasteiger partial charge on any atom is 0.416 e. The number of aryl methyl sites for hydroxylation is 1. The zero-order valence-corrected chi connectivity index (χ0v) is 19.7. The molecular weight excluding hydrogens is 485 g/mol. The molecule has 0 spiro atoms. The van der Waals surface area contributed by atoms with Gasteiger partial charge in [-0.15, -0.1) is 0 Å². The Bertz CT molecular complexity index is 1390. The van der Waals surface area contributed by atoms with Crippen LogP contribution in [0.15, 0.2) is 65.8 Å². The van der Waals surface area contributed by atoms with E-state index in [1.54, 1.807) is 13.0 Å². The largest absolute Gasteiger partial charge is 0.416 e. The zero-order chi connectivity index (χ0) is 26.0. The smallest absolute Gasteiger partial charge is 0.322 e. The average Bonchev–Trinajstić information content (AvgIpc) is 2.79. The third-order valence-corrected chi connectivity index (χ3v) is 6.72. The van der Waals surface area contributed by atoms with Crippen molar-refractivity contribution in [2.75, 3.05) is 24.7 Å². The molecule has 0 bridgehead atoms. The molecule has 35 heavy (non-hydrogen) atoms. The summed E-state index contributed by atoms with van der Waals surface area (Å²) in [5.74, 6) is -1.38. The van der Waals surface area contributed by atoms with E-state index in [4.69, 9.17) is 0 Å². The fourth-order valence-electron chi connectivity index (χ4n) is 3.02. The van der Waals surface area contributed by atoms with E-state index in [0.717, 1.165) is 28.7 Å². The molecule has 184 valence electrons. The summed E-state index contributed by atoms with van der Waals surface area (Å²) in [7, 11) is -1.04. The van der Waals surface area contributed by atoms with Crippen LogP contribution in [-0.2, 0) is 16.2 Å². The van der Waals surface area contributed by atoms with Crippen LogP contribution in [-0.4, -0.2) is 43.6 Å². The Labute approximate surface area is 199 Å². The van der Waals surface area contributed by atoms with Gasteiger partial charge < -0.3 is 10.6 Å². The average molecular weight is 507 g/mol. The van der Waals surface area contributed by atoms with Crippen molar-refractivity contribution >= 4 is 33.2 Å². The zero-order valence-electron chi connectivity index (χ0n) is 18.8. The third-order valence-electron chi connectivity index (χ3n) is 4.94. The first kappa shape index (κ1) is 25.8. The summed E-state index contributed by atoms with van der Waals surface area (Å²) in [6.07, 6.45) is -2.16. The molecule has 12 heteroatoms. The van der Waals surface area contributed by atoms with Gasteiger partial charge in [0.1, 0.15) is 4.90 Å². The van der Waals surface area contributed by atoms with E-state index in [-0.39, 0.29) is 27.4 Å². The van der Waals surface area contributed by atoms with Crippen molar-refractivity contribution in [1.82, 2.24) is 9.29 Å². The highest BCUT2D eigenvalue weighted by atomic mass is 32.2. The molecule has 0 radical (unpaired) electrons. The summed E-state index contributed by atoms with van der Waals surface area (Å²) in [6.45, 7) is 1.65. The topological polar surface area (TPSA) is 108 Å². The number of nitrogens with zero attached hydrogens (tertiary/aromatic N) is 2. The number of carbonyl (C=O) groups is 2. The van der Waals surface area contributed by atoms with Gasteiger partial charge in [-0.1, -0.05) is 12.1 Å². The van der Waals surface area contributed by atoms with Crippen LogP contribution in [0.1, 0.15) is 31.8 Å². The molecular formula is C23H21F3N4O4S. The highest BCUT2D eigenvalue weighted by Crippen LogP contribution is 2.30. The standard InChI is InChI=1S/C23H21F3N4O4S/c1-14-7-8-17(28-21(31)15-5-4-6-16(9-15)23(24,25)26)11-20(14)22(32)29-18-10-19(13-27-12-18)35(33,34)30(2)3/h4-13H,1-3H3,(H,28,31)(H,29,32). The van der Waals surface area contributed by atoms with Gasteiger partial charge in [-0.25, -0.2) is 12.7 Å². The third kappa shape index (κ3) is 6.03. The van der Waals surface area contributed by atoms with Crippen molar-refractivity contribution in [2.45, 2.75) is 18.0 Å². The minimum absolute atomic E-state index is 0.112. The molecule has 0 aliphatic rings. The van der Waals surface area contributed by atoms with E-state index in [1.807, 2.05) is 0 Å². The summed E-state index contributed by atoms with van der Waals surface area (Å²) >= 11 is 0. The lowest BCUT2D eigenvalue weighted by Gasteiger charge is -2.13. The van der Waals surface area contributed by atoms with Crippen molar-refractivity contribution in [3.8, 4) is 0 Å². The number of halogens is 3. The van der Waals surface area contributed by atoms with Crippen molar-refractivity contribution < 1.29 is 31.2 Å². The highest BCUT2D eigenvalue weighted by molar-refractivity contribution is 7.89. The Balaban J connectivity index is 1.81. The summed E-state index contributed by atoms with van der Waals surface area (Å²) < 4.78 is 64.4. The van der Waals surface area contributed by atoms with Gasteiger partial charge in [0, 0.05) is 37.1 Å². The summed E-state index contributed by atoms with van der Waals surface area (Å²) in [5, 5.41) is 5.05. The van der Waals surface area contributed by atoms with Crippen molar-refractivity contribution in [3.63, 3.8) is 0 Å². The first-order valence-electron chi connectivity index (χ1n) is 10.1. The van der Waals surface area contributed by atoms with Crippen LogP contribution in [0.4, 0.5) is 24.5 Å². The molecule has 2 amide bonds. The lowest BCUT2D eigenvalue weighted by Crippen LogP contribution is -2.22. The van der Waals surface area contributed by atoms with Crippen LogP contribution >= 0.6 is 0 Å². The van der Waals surface area contributed by atoms with E-state index < -0.39 is 33.6 Å². The Kier molecular flexibility index (Phi) is 7.27. The van der Waals surface area contributed by atoms with Crippen LogP contribution < -0.4 is 10.6 Å². The number of aromatic nitrogens is 1. The minimum atomic E-state index is -4.59. The van der Waals surface area contributed by atoms with Gasteiger partial charge in [0.2, 0.25) is 10.0 Å². The second kappa shape index (κ2) is 9.84. The van der Waals surface area contributed by atoms with Gasteiger partial charge in [0.05, 0.1) is 17.4 Å². The maximum atomic E-state index is 12.9. The molecule has 3 aromatic rings. The molecule has 0 fully saturated rings. The molecule has 2 aromatic carbocycles. The number of benzene rings is 2. The van der Waals surface area contributed by atoms with Crippen LogP contribution in [0, 0.1) is 6.92 Å². The van der Waals surface area contributed by atoms with Crippen LogP contribution in [0.25, 0.3) is 0 Å². The van der Waals surface area contributed by atoms with Crippen LogP contribution in [0.3, 0.4) is 0 Å². The Morgan fingerprint density at radius 2 is 1.60 bits per heavy atom. The summed E-state index contributed by atoms with van der Waals surface area (Å²) in [6, 6.07) is 9.65. The van der Waals surface area contributed by atoms with E-state index in [9.17, 15) is 31.2 Å². The normalized spacial score (nSPS) is 11.9. The number of hydrogen-bond donors (Lipinski definition) is 2. The molecule has 1 heterocycles. The number of anilines is 2. The highest BCUT2D eigenvalue weighted by Gasteiger charge is 2.31. The fourth-order valence-corrected chi connectivity index (χ4v) is 3.91. The number of alkyl halides is 3. The number of nitrogens with one attached hydrogen (secondary N) is 2. The summed E-state index contributed by atoms with van der Waals surface area (Å²) in [4.78, 5) is 29.1. The van der Waals surface area contributed by atoms with Gasteiger partial charge >= 0.3 is 6.18 Å². The lowest BCUT2D eigenvalue weighted by molar-refractivity contribution is -0.137. The number of amides is 2. The second-order valence-corrected chi connectivity index (χ2v) is 9.87. The fraction of sp³-hybridized carbons (Fsp3) is 0.174. The molecule has 0 unspecified atom stereocenters. The molecule has 0 saturated heterocycles. The van der Waals surface area contributed by atoms with Gasteiger partial charge in [-0.05, 0) is 48.9 Å². The van der Waals surface area contributed by atoms with Gasteiger partial charge in [0.25, 0.3) is 11.8 Å². The van der Waals surface area contributed by atoms with Crippen molar-refractivity contribution in [1.29, 1.82) is 0 Å². The number of carbonyl (C=O) groups excluding carboxylic acids is 2. The van der Waals surface area contributed by atoms with E-state index in [0.29, 0.717) is 5.56 Å². The number of hydrogen-bond acceptors (Lipinski definition) is 5. The number of pyridine rings is 1. The van der Waals surface area contributed by atoms with Gasteiger partial charge in [0.15, 0.2) is 0 Å². The van der Waals surface area contributed by atoms with E-state index >= 15 is 0 Å². The SMILES string of the molecule is Cc1ccc(NC(=O)c2cccc(C(F)(F)F)c2)cc1C(=O)Nc1cncc(S(=O)(=O)N(C)C)c1. The quantitative estimate of drug-likeness (QED) is 0.522. The number of sulfonamides is 1. The Morgan fingerprint density at radius 1 is 0.914 bits per heavy atom. The molecule has 0 aliphatic heterocycles. The molecule has 0 aliphatic carbocycles. The lowest BCUT2D eigenvalue weighted by atomic mass is 10.1. The van der Waals surface area contributed by atoms with Gasteiger partial charge in [-0.2, -0.15) is 13.2 Å². The first-order chi connectivity index (χ1) is 16.3. The van der Waals surface area contributed by atoms with Crippen molar-refractivity contribution in [2.24, 2.45) is 0 Å². The molecule has 1 aromatic heterocycles. The monoisotopic (exact) mass is 506 g/mol. The second-order valence-electron chi connectivity index (χ2n) is 7.71. The molecule has 8 nitrogen and oxygen atoms in total. The maximum absolute atomic E-state index is 12.9. The molecule has 3 rings (SSSR count). The number of rotatable bonds is 6. The Morgan fingerprint density at radius 3 is 2.26 bits per heavy atom. The molecule has 0 atom stereocenters. The molecule has 0 saturated carbocycles. The molecule has 2 N–H and O–H groups in total. The van der Waals surface area contributed by atoms with Gasteiger partial charge in [-0.3, -0.25) is 14.6 Å². The predicted molar refractivity (Wildman–Crippen MR) is 124 cm³/mol. The van der Waals surface area contributed by atoms with Crippen molar-refractivity contribution in [3.05, 3.63) is 83.2 Å². The van der Waals surface area contributed by atoms with Crippen LogP contribution in [0.5, 0.6) is 0 Å². The minimum Gasteiger partial charge on any atom is -0.322 e. The summed E-state index contributed by atoms with van der Waals surface area (Å²) in [5.41, 5.74) is -0.129. The first-order valence-corrected chi connectivity index (χ1v) is 11.5. The van der Waals surface area contributed by atoms with E-state index in [2.05, 4.69) is 15.6 Å². The van der Waals surface area contributed by atoms with E-state index in [1.165, 1.54) is 44.6 Å². The predicted octanol–water partition coefficient (Wildman–Crippen LogP) is 4.16. The Hall–Kier alpha value is -3.77.